The van der Waals surface area contributed by atoms with Crippen LogP contribution in [0.25, 0.3) is 0 Å². The van der Waals surface area contributed by atoms with Crippen molar-refractivity contribution in [2.45, 2.75) is 12.5 Å². The first kappa shape index (κ1) is 19.5. The highest BCUT2D eigenvalue weighted by Crippen LogP contribution is 2.41. The number of ketones is 1. The average molecular weight is 387 g/mol. The highest BCUT2D eigenvalue weighted by Gasteiger charge is 2.44. The number of nitrogens with zero attached hydrogens (tertiary/aromatic N) is 1. The number of carbonyl (C=O) groups excluding carboxylic acids is 2. The van der Waals surface area contributed by atoms with Crippen LogP contribution >= 0.6 is 0 Å². The lowest BCUT2D eigenvalue weighted by Crippen LogP contribution is -2.32. The van der Waals surface area contributed by atoms with E-state index in [2.05, 4.69) is 0 Å². The molecule has 0 unspecified atom stereocenters. The van der Waals surface area contributed by atoms with Gasteiger partial charge in [0.05, 0.1) is 25.0 Å². The van der Waals surface area contributed by atoms with Crippen molar-refractivity contribution in [3.05, 3.63) is 59.3 Å². The molecule has 0 spiro atoms. The molecule has 0 bridgehead atoms. The summed E-state index contributed by atoms with van der Waals surface area (Å²) in [6, 6.07) is 6.69. The molecule has 1 aliphatic rings. The highest BCUT2D eigenvalue weighted by molar-refractivity contribution is 6.15. The minimum atomic E-state index is -0.851. The molecular weight excluding hydrogens is 366 g/mol. The number of methoxy groups -OCH3 is 2. The Morgan fingerprint density at radius 3 is 2.68 bits per heavy atom. The van der Waals surface area contributed by atoms with Gasteiger partial charge in [0.25, 0.3) is 5.91 Å². The predicted octanol–water partition coefficient (Wildman–Crippen LogP) is 2.61. The zero-order chi connectivity index (χ0) is 20.3. The Morgan fingerprint density at radius 2 is 2.04 bits per heavy atom. The van der Waals surface area contributed by atoms with E-state index in [0.717, 1.165) is 0 Å². The van der Waals surface area contributed by atoms with Gasteiger partial charge < -0.3 is 29.0 Å². The van der Waals surface area contributed by atoms with Crippen molar-refractivity contribution in [1.29, 1.82) is 0 Å². The number of hydrogen-bond acceptors (Lipinski definition) is 7. The molecule has 2 N–H and O–H groups in total. The molecule has 0 aliphatic carbocycles. The van der Waals surface area contributed by atoms with E-state index in [4.69, 9.17) is 13.9 Å². The number of phenolic OH excluding ortho intramolecular Hbond substituents is 1. The Balaban J connectivity index is 2.07. The average Bonchev–Trinajstić information content (AvgIpc) is 3.31. The predicted molar refractivity (Wildman–Crippen MR) is 98.3 cm³/mol. The molecule has 2 aromatic rings. The van der Waals surface area contributed by atoms with Crippen LogP contribution < -0.4 is 4.74 Å². The van der Waals surface area contributed by atoms with Crippen molar-refractivity contribution in [1.82, 2.24) is 4.90 Å². The molecular formula is C20H21NO7. The fraction of sp³-hybridized carbons (Fsp3) is 0.300. The maximum Gasteiger partial charge on any atom is 0.290 e. The Hall–Kier alpha value is -3.26. The molecule has 3 rings (SSSR count). The summed E-state index contributed by atoms with van der Waals surface area (Å²) in [5.41, 5.74) is 0.435. The van der Waals surface area contributed by atoms with Gasteiger partial charge in [-0.05, 0) is 36.2 Å². The lowest BCUT2D eigenvalue weighted by atomic mass is 9.94. The van der Waals surface area contributed by atoms with Gasteiger partial charge in [0, 0.05) is 20.3 Å². The molecule has 0 fully saturated rings. The minimum Gasteiger partial charge on any atom is -0.504 e. The summed E-state index contributed by atoms with van der Waals surface area (Å²) in [6.07, 6.45) is 1.86. The van der Waals surface area contributed by atoms with Crippen LogP contribution in [0.2, 0.25) is 0 Å². The summed E-state index contributed by atoms with van der Waals surface area (Å²) < 4.78 is 15.4. The van der Waals surface area contributed by atoms with E-state index in [1.54, 1.807) is 19.2 Å². The summed E-state index contributed by atoms with van der Waals surface area (Å²) in [7, 11) is 2.95. The third-order valence-corrected chi connectivity index (χ3v) is 4.56. The second kappa shape index (κ2) is 8.18. The van der Waals surface area contributed by atoms with Gasteiger partial charge in [-0.25, -0.2) is 0 Å². The summed E-state index contributed by atoms with van der Waals surface area (Å²) in [5.74, 6) is -1.71. The molecule has 0 radical (unpaired) electrons. The summed E-state index contributed by atoms with van der Waals surface area (Å²) in [4.78, 5) is 27.1. The summed E-state index contributed by atoms with van der Waals surface area (Å²) >= 11 is 0. The van der Waals surface area contributed by atoms with Gasteiger partial charge in [0.1, 0.15) is 0 Å². The van der Waals surface area contributed by atoms with Crippen LogP contribution in [0.3, 0.4) is 0 Å². The minimum absolute atomic E-state index is 0.0174. The molecule has 8 heteroatoms. The largest absolute Gasteiger partial charge is 0.504 e. The Kier molecular flexibility index (Phi) is 5.70. The standard InChI is InChI=1S/C20H21NO7/c1-26-9-4-8-21-17(12-6-7-13(22)15(11-12)27-2)16(19(24)20(21)25)18(23)14-5-3-10-28-14/h3,5-7,10-11,17,22,24H,4,8-9H2,1-2H3/t17-/m1/s1. The molecule has 148 valence electrons. The van der Waals surface area contributed by atoms with Gasteiger partial charge >= 0.3 is 0 Å². The topological polar surface area (TPSA) is 109 Å². The van der Waals surface area contributed by atoms with Gasteiger partial charge in [-0.3, -0.25) is 9.59 Å². The second-order valence-corrected chi connectivity index (χ2v) is 6.25. The number of carbonyl (C=O) groups is 2. The molecule has 1 aromatic carbocycles. The van der Waals surface area contributed by atoms with E-state index in [1.165, 1.54) is 36.5 Å². The lowest BCUT2D eigenvalue weighted by molar-refractivity contribution is -0.129. The number of ether oxygens (including phenoxy) is 2. The van der Waals surface area contributed by atoms with Crippen molar-refractivity contribution in [2.24, 2.45) is 0 Å². The molecule has 1 aromatic heterocycles. The van der Waals surface area contributed by atoms with Crippen LogP contribution in [0.1, 0.15) is 28.6 Å². The fourth-order valence-electron chi connectivity index (χ4n) is 3.25. The number of aromatic hydroxyl groups is 1. The van der Waals surface area contributed by atoms with E-state index >= 15 is 0 Å². The fourth-order valence-corrected chi connectivity index (χ4v) is 3.25. The summed E-state index contributed by atoms with van der Waals surface area (Å²) in [5, 5.41) is 20.4. The summed E-state index contributed by atoms with van der Waals surface area (Å²) in [6.45, 7) is 0.678. The number of aliphatic hydroxyl groups excluding tert-OH is 1. The van der Waals surface area contributed by atoms with Crippen LogP contribution in [0.5, 0.6) is 11.5 Å². The van der Waals surface area contributed by atoms with Crippen LogP contribution in [-0.2, 0) is 9.53 Å². The quantitative estimate of drug-likeness (QED) is 0.529. The third-order valence-electron chi connectivity index (χ3n) is 4.56. The van der Waals surface area contributed by atoms with Gasteiger partial charge in [0.15, 0.2) is 23.0 Å². The maximum atomic E-state index is 12.9. The molecule has 0 saturated carbocycles. The number of aliphatic hydroxyl groups is 1. The first-order chi connectivity index (χ1) is 13.5. The van der Waals surface area contributed by atoms with E-state index < -0.39 is 23.5 Å². The van der Waals surface area contributed by atoms with Gasteiger partial charge in [-0.2, -0.15) is 0 Å². The van der Waals surface area contributed by atoms with Crippen molar-refractivity contribution in [3.8, 4) is 11.5 Å². The van der Waals surface area contributed by atoms with E-state index in [0.29, 0.717) is 18.6 Å². The van der Waals surface area contributed by atoms with Gasteiger partial charge in [0.2, 0.25) is 5.78 Å². The number of hydrogen-bond donors (Lipinski definition) is 2. The Morgan fingerprint density at radius 1 is 1.25 bits per heavy atom. The van der Waals surface area contributed by atoms with Crippen molar-refractivity contribution >= 4 is 11.7 Å². The highest BCUT2D eigenvalue weighted by atomic mass is 16.5. The zero-order valence-electron chi connectivity index (χ0n) is 15.5. The van der Waals surface area contributed by atoms with Gasteiger partial charge in [-0.15, -0.1) is 0 Å². The molecule has 28 heavy (non-hydrogen) atoms. The van der Waals surface area contributed by atoms with E-state index in [-0.39, 0.29) is 29.4 Å². The van der Waals surface area contributed by atoms with Crippen LogP contribution in [0.4, 0.5) is 0 Å². The smallest absolute Gasteiger partial charge is 0.290 e. The van der Waals surface area contributed by atoms with Crippen LogP contribution in [0, 0.1) is 0 Å². The molecule has 8 nitrogen and oxygen atoms in total. The van der Waals surface area contributed by atoms with Crippen LogP contribution in [-0.4, -0.2) is 54.2 Å². The number of Topliss-reactive ketones (excluding diaryl/α,β-unsaturated/α-hetero) is 1. The normalized spacial score (nSPS) is 16.7. The van der Waals surface area contributed by atoms with E-state index in [9.17, 15) is 19.8 Å². The number of furan rings is 1. The van der Waals surface area contributed by atoms with Crippen molar-refractivity contribution < 1.29 is 33.7 Å². The molecule has 1 atom stereocenters. The van der Waals surface area contributed by atoms with Gasteiger partial charge in [-0.1, -0.05) is 6.07 Å². The number of rotatable bonds is 8. The van der Waals surface area contributed by atoms with Crippen LogP contribution in [0.15, 0.2) is 52.3 Å². The number of phenols is 1. The number of amides is 1. The SMILES string of the molecule is COCCCN1C(=O)C(O)=C(C(=O)c2ccco2)[C@H]1c1ccc(O)c(OC)c1. The van der Waals surface area contributed by atoms with E-state index in [1.807, 2.05) is 0 Å². The lowest BCUT2D eigenvalue weighted by Gasteiger charge is -2.27. The molecule has 1 amide bonds. The number of benzene rings is 1. The maximum absolute atomic E-state index is 12.9. The molecule has 0 saturated heterocycles. The Labute approximate surface area is 161 Å². The second-order valence-electron chi connectivity index (χ2n) is 6.25. The van der Waals surface area contributed by atoms with Crippen molar-refractivity contribution in [3.63, 3.8) is 0 Å². The zero-order valence-corrected chi connectivity index (χ0v) is 15.5. The molecule has 1 aliphatic heterocycles. The molecule has 2 heterocycles. The first-order valence-electron chi connectivity index (χ1n) is 8.67. The van der Waals surface area contributed by atoms with Crippen molar-refractivity contribution in [2.75, 3.05) is 27.4 Å². The first-order valence-corrected chi connectivity index (χ1v) is 8.67. The Bertz CT molecular complexity index is 901. The third kappa shape index (κ3) is 3.46. The monoisotopic (exact) mass is 387 g/mol.